The molecule has 1 aromatic carbocycles. The number of nitrogens with one attached hydrogen (secondary N) is 1. The summed E-state index contributed by atoms with van der Waals surface area (Å²) in [5, 5.41) is 21.3. The Morgan fingerprint density at radius 1 is 1.41 bits per heavy atom. The van der Waals surface area contributed by atoms with Crippen molar-refractivity contribution in [3.8, 4) is 6.07 Å². The highest BCUT2D eigenvalue weighted by Crippen LogP contribution is 2.18. The first-order valence-electron chi connectivity index (χ1n) is 5.96. The second-order valence-electron chi connectivity index (χ2n) is 4.65. The average molecular weight is 232 g/mol. The van der Waals surface area contributed by atoms with Crippen LogP contribution in [0.4, 0.5) is 5.69 Å². The predicted octanol–water partition coefficient (Wildman–Crippen LogP) is 2.69. The summed E-state index contributed by atoms with van der Waals surface area (Å²) in [5.41, 5.74) is 2.69. The Morgan fingerprint density at radius 2 is 2.12 bits per heavy atom. The van der Waals surface area contributed by atoms with Gasteiger partial charge in [0.15, 0.2) is 0 Å². The normalized spacial score (nSPS) is 12.2. The van der Waals surface area contributed by atoms with Gasteiger partial charge in [0.2, 0.25) is 0 Å². The van der Waals surface area contributed by atoms with Crippen LogP contribution in [0.2, 0.25) is 0 Å². The van der Waals surface area contributed by atoms with Crippen molar-refractivity contribution in [1.29, 1.82) is 5.26 Å². The fourth-order valence-electron chi connectivity index (χ4n) is 1.80. The smallest absolute Gasteiger partial charge is 0.0994 e. The zero-order valence-corrected chi connectivity index (χ0v) is 10.7. The molecule has 3 nitrogen and oxygen atoms in total. The molecule has 0 fully saturated rings. The molecule has 0 aliphatic carbocycles. The zero-order chi connectivity index (χ0) is 12.8. The summed E-state index contributed by atoms with van der Waals surface area (Å²) in [7, 11) is 0. The van der Waals surface area contributed by atoms with Crippen LogP contribution < -0.4 is 5.32 Å². The van der Waals surface area contributed by atoms with Gasteiger partial charge in [-0.15, -0.1) is 0 Å². The van der Waals surface area contributed by atoms with Crippen LogP contribution in [0.5, 0.6) is 0 Å². The molecule has 0 aliphatic rings. The monoisotopic (exact) mass is 232 g/mol. The van der Waals surface area contributed by atoms with Gasteiger partial charge in [-0.05, 0) is 43.0 Å². The van der Waals surface area contributed by atoms with E-state index >= 15 is 0 Å². The van der Waals surface area contributed by atoms with E-state index in [9.17, 15) is 0 Å². The summed E-state index contributed by atoms with van der Waals surface area (Å²) >= 11 is 0. The largest absolute Gasteiger partial charge is 0.396 e. The minimum absolute atomic E-state index is 0.186. The first kappa shape index (κ1) is 13.5. The number of rotatable bonds is 5. The van der Waals surface area contributed by atoms with Gasteiger partial charge in [-0.2, -0.15) is 5.26 Å². The van der Waals surface area contributed by atoms with E-state index < -0.39 is 0 Å². The summed E-state index contributed by atoms with van der Waals surface area (Å²) < 4.78 is 0. The van der Waals surface area contributed by atoms with Crippen LogP contribution in [-0.4, -0.2) is 17.8 Å². The maximum Gasteiger partial charge on any atom is 0.0994 e. The highest BCUT2D eigenvalue weighted by atomic mass is 16.3. The van der Waals surface area contributed by atoms with E-state index in [1.54, 1.807) is 0 Å². The maximum absolute atomic E-state index is 9.02. The van der Waals surface area contributed by atoms with Crippen LogP contribution in [0.25, 0.3) is 0 Å². The maximum atomic E-state index is 9.02. The Kier molecular flexibility index (Phi) is 4.99. The van der Waals surface area contributed by atoms with Crippen molar-refractivity contribution in [2.75, 3.05) is 11.9 Å². The zero-order valence-electron chi connectivity index (χ0n) is 10.7. The summed E-state index contributed by atoms with van der Waals surface area (Å²) in [5.74, 6) is 0.457. The highest BCUT2D eigenvalue weighted by Gasteiger charge is 2.12. The molecule has 0 aromatic heterocycles. The molecule has 0 aliphatic heterocycles. The van der Waals surface area contributed by atoms with Crippen molar-refractivity contribution < 1.29 is 5.11 Å². The van der Waals surface area contributed by atoms with Gasteiger partial charge in [0.1, 0.15) is 0 Å². The first-order chi connectivity index (χ1) is 8.08. The Morgan fingerprint density at radius 3 is 2.59 bits per heavy atom. The number of hydrogen-bond donors (Lipinski definition) is 2. The van der Waals surface area contributed by atoms with E-state index in [2.05, 4.69) is 25.2 Å². The van der Waals surface area contributed by atoms with Crippen molar-refractivity contribution in [3.63, 3.8) is 0 Å². The molecular formula is C14H20N2O. The third kappa shape index (κ3) is 3.76. The molecule has 0 spiro atoms. The Bertz CT molecular complexity index is 407. The standard InChI is InChI=1S/C14H20N2O/c1-10(2)14(6-7-17)16-13-5-4-12(9-15)11(3)8-13/h4-5,8,10,14,16-17H,6-7H2,1-3H3. The lowest BCUT2D eigenvalue weighted by molar-refractivity contribution is 0.267. The molecule has 0 saturated heterocycles. The summed E-state index contributed by atoms with van der Waals surface area (Å²) in [4.78, 5) is 0. The second-order valence-corrected chi connectivity index (χ2v) is 4.65. The lowest BCUT2D eigenvalue weighted by Crippen LogP contribution is -2.26. The lowest BCUT2D eigenvalue weighted by Gasteiger charge is -2.23. The van der Waals surface area contributed by atoms with Crippen LogP contribution in [0, 0.1) is 24.2 Å². The fraction of sp³-hybridized carbons (Fsp3) is 0.500. The molecule has 2 N–H and O–H groups in total. The minimum Gasteiger partial charge on any atom is -0.396 e. The molecule has 1 aromatic rings. The summed E-state index contributed by atoms with van der Waals surface area (Å²) in [6.07, 6.45) is 0.733. The van der Waals surface area contributed by atoms with Gasteiger partial charge < -0.3 is 10.4 Å². The Hall–Kier alpha value is -1.53. The summed E-state index contributed by atoms with van der Waals surface area (Å²) in [6, 6.07) is 8.13. The number of benzene rings is 1. The van der Waals surface area contributed by atoms with E-state index in [1.807, 2.05) is 25.1 Å². The van der Waals surface area contributed by atoms with Gasteiger partial charge >= 0.3 is 0 Å². The van der Waals surface area contributed by atoms with Crippen LogP contribution in [0.1, 0.15) is 31.4 Å². The molecule has 3 heteroatoms. The number of aryl methyl sites for hydroxylation is 1. The molecule has 0 bridgehead atoms. The van der Waals surface area contributed by atoms with Gasteiger partial charge in [-0.1, -0.05) is 13.8 Å². The van der Waals surface area contributed by atoms with Crippen molar-refractivity contribution in [3.05, 3.63) is 29.3 Å². The number of nitrogens with zero attached hydrogens (tertiary/aromatic N) is 1. The molecule has 1 rings (SSSR count). The predicted molar refractivity (Wildman–Crippen MR) is 69.8 cm³/mol. The SMILES string of the molecule is Cc1cc(NC(CCO)C(C)C)ccc1C#N. The molecule has 0 heterocycles. The van der Waals surface area contributed by atoms with Crippen molar-refractivity contribution >= 4 is 5.69 Å². The first-order valence-corrected chi connectivity index (χ1v) is 5.96. The molecule has 0 radical (unpaired) electrons. The van der Waals surface area contributed by atoms with Gasteiger partial charge in [0.05, 0.1) is 11.6 Å². The number of nitriles is 1. The van der Waals surface area contributed by atoms with Crippen molar-refractivity contribution in [1.82, 2.24) is 0 Å². The number of anilines is 1. The second kappa shape index (κ2) is 6.27. The van der Waals surface area contributed by atoms with Crippen molar-refractivity contribution in [2.45, 2.75) is 33.2 Å². The molecule has 0 amide bonds. The van der Waals surface area contributed by atoms with Crippen LogP contribution >= 0.6 is 0 Å². The van der Waals surface area contributed by atoms with Crippen LogP contribution in [-0.2, 0) is 0 Å². The summed E-state index contributed by atoms with van der Waals surface area (Å²) in [6.45, 7) is 6.37. The van der Waals surface area contributed by atoms with Crippen LogP contribution in [0.3, 0.4) is 0 Å². The third-order valence-corrected chi connectivity index (χ3v) is 2.94. The Labute approximate surface area is 103 Å². The lowest BCUT2D eigenvalue weighted by atomic mass is 10.0. The van der Waals surface area contributed by atoms with Crippen LogP contribution in [0.15, 0.2) is 18.2 Å². The van der Waals surface area contributed by atoms with E-state index in [1.165, 1.54) is 0 Å². The molecule has 92 valence electrons. The van der Waals surface area contributed by atoms with Gasteiger partial charge in [-0.3, -0.25) is 0 Å². The topological polar surface area (TPSA) is 56.0 Å². The molecule has 17 heavy (non-hydrogen) atoms. The average Bonchev–Trinajstić information content (AvgIpc) is 2.28. The van der Waals surface area contributed by atoms with E-state index in [4.69, 9.17) is 10.4 Å². The molecule has 0 saturated carbocycles. The molecule has 1 unspecified atom stereocenters. The number of aliphatic hydroxyl groups is 1. The van der Waals surface area contributed by atoms with E-state index in [0.29, 0.717) is 11.5 Å². The minimum atomic E-state index is 0.186. The highest BCUT2D eigenvalue weighted by molar-refractivity contribution is 5.52. The quantitative estimate of drug-likeness (QED) is 0.820. The molecular weight excluding hydrogens is 212 g/mol. The van der Waals surface area contributed by atoms with Crippen molar-refractivity contribution in [2.24, 2.45) is 5.92 Å². The third-order valence-electron chi connectivity index (χ3n) is 2.94. The Balaban J connectivity index is 2.80. The van der Waals surface area contributed by atoms with Gasteiger partial charge in [0.25, 0.3) is 0 Å². The number of hydrogen-bond acceptors (Lipinski definition) is 3. The number of aliphatic hydroxyl groups excluding tert-OH is 1. The fourth-order valence-corrected chi connectivity index (χ4v) is 1.80. The van der Waals surface area contributed by atoms with Gasteiger partial charge in [-0.25, -0.2) is 0 Å². The van der Waals surface area contributed by atoms with Gasteiger partial charge in [0, 0.05) is 18.3 Å². The van der Waals surface area contributed by atoms with E-state index in [0.717, 1.165) is 17.7 Å². The van der Waals surface area contributed by atoms with E-state index in [-0.39, 0.29) is 12.6 Å². The molecule has 1 atom stereocenters.